The Morgan fingerprint density at radius 2 is 1.80 bits per heavy atom. The van der Waals surface area contributed by atoms with Crippen LogP contribution in [0.25, 0.3) is 22.2 Å². The van der Waals surface area contributed by atoms with Crippen molar-refractivity contribution >= 4 is 71.9 Å². The molecule has 2 bridgehead atoms. The van der Waals surface area contributed by atoms with E-state index >= 15 is 0 Å². The standard InChI is InChI=1S/C21H25N9O10P2S2/c22-10-1-3-24-16-9(10)2-4-29(16)20-14(31)15-12(38-20)7-36-41(33,43)39-11-5-8(6-35-42(34,44)40-15)37-19(11)30-17-13(27-28-30)18(32)26-21(23)25-17/h1-4,8,11-12,14-15,19-20,31H,5-7H2,(H2,22,24)(H,33,43)(H,34,44)(H3,23,25,26,32)/t8?,11-,12-,14-,15-,19-,20-,41?,42?/m1/s1. The zero-order chi connectivity index (χ0) is 31.0. The van der Waals surface area contributed by atoms with Crippen LogP contribution in [0, 0.1) is 0 Å². The van der Waals surface area contributed by atoms with Crippen LogP contribution in [0.1, 0.15) is 18.9 Å². The Morgan fingerprint density at radius 3 is 2.61 bits per heavy atom. The van der Waals surface area contributed by atoms with Crippen molar-refractivity contribution < 1.29 is 41.8 Å². The second-order valence-electron chi connectivity index (χ2n) is 10.2. The number of aromatic amines is 1. The molecule has 3 fully saturated rings. The third kappa shape index (κ3) is 5.45. The maximum atomic E-state index is 13.5. The Morgan fingerprint density at radius 1 is 1.02 bits per heavy atom. The molecule has 0 spiro atoms. The summed E-state index contributed by atoms with van der Waals surface area (Å²) in [6.07, 6.45) is -4.91. The number of H-pyrrole nitrogens is 1. The molecule has 6 N–H and O–H groups in total. The van der Waals surface area contributed by atoms with Crippen molar-refractivity contribution in [2.45, 2.75) is 49.4 Å². The van der Waals surface area contributed by atoms with Crippen LogP contribution in [0.15, 0.2) is 29.3 Å². The van der Waals surface area contributed by atoms with Gasteiger partial charge >= 0.3 is 13.6 Å². The minimum atomic E-state index is -4.19. The summed E-state index contributed by atoms with van der Waals surface area (Å²) >= 11 is 8.25. The van der Waals surface area contributed by atoms with E-state index in [2.05, 4.69) is 49.8 Å². The van der Waals surface area contributed by atoms with Crippen LogP contribution in [-0.2, 0) is 36.7 Å². The van der Waals surface area contributed by atoms with Gasteiger partial charge in [-0.15, -0.1) is 5.10 Å². The molecule has 44 heavy (non-hydrogen) atoms. The number of hydrogen-bond acceptors (Lipinski definition) is 16. The van der Waals surface area contributed by atoms with Gasteiger partial charge in [-0.2, -0.15) is 9.67 Å². The van der Waals surface area contributed by atoms with Gasteiger partial charge in [0.25, 0.3) is 5.56 Å². The lowest BCUT2D eigenvalue weighted by Gasteiger charge is -2.26. The van der Waals surface area contributed by atoms with Gasteiger partial charge in [-0.1, -0.05) is 29.7 Å². The summed E-state index contributed by atoms with van der Waals surface area (Å²) in [5, 5.41) is 19.7. The first-order valence-corrected chi connectivity index (χ1v) is 18.4. The fraction of sp³-hybridized carbons (Fsp3) is 0.476. The number of hydrogen-bond donors (Lipinski definition) is 6. The minimum Gasteiger partial charge on any atom is -0.398 e. The van der Waals surface area contributed by atoms with E-state index < -0.39 is 68.7 Å². The molecule has 7 rings (SSSR count). The number of pyridine rings is 1. The van der Waals surface area contributed by atoms with Gasteiger partial charge in [0.15, 0.2) is 23.6 Å². The first-order valence-electron chi connectivity index (χ1n) is 13.0. The molecule has 236 valence electrons. The van der Waals surface area contributed by atoms with Gasteiger partial charge in [-0.3, -0.25) is 27.9 Å². The summed E-state index contributed by atoms with van der Waals surface area (Å²) in [6.45, 7) is -9.18. The third-order valence-corrected chi connectivity index (χ3v) is 10.6. The number of nitrogen functional groups attached to an aromatic ring is 2. The summed E-state index contributed by atoms with van der Waals surface area (Å²) in [6, 6.07) is 3.33. The van der Waals surface area contributed by atoms with Gasteiger partial charge in [-0.25, -0.2) is 14.1 Å². The lowest BCUT2D eigenvalue weighted by molar-refractivity contribution is -0.0606. The van der Waals surface area contributed by atoms with Crippen molar-refractivity contribution in [2.75, 3.05) is 24.7 Å². The second kappa shape index (κ2) is 11.1. The lowest BCUT2D eigenvalue weighted by Crippen LogP contribution is -2.35. The van der Waals surface area contributed by atoms with Crippen molar-refractivity contribution in [3.63, 3.8) is 0 Å². The first kappa shape index (κ1) is 30.1. The lowest BCUT2D eigenvalue weighted by atomic mass is 10.1. The van der Waals surface area contributed by atoms with Crippen molar-refractivity contribution in [1.82, 2.24) is 34.5 Å². The average Bonchev–Trinajstić information content (AvgIpc) is 3.72. The molecule has 9 atom stereocenters. The SMILES string of the molecule is Nc1nc2c(nnn2[C@@H]2OC3COP(=O)(S)O[C@H]4[C@@H](O)[C@H](n5ccc6c(N)ccnc65)O[C@@H]4COP(=O)(S)O[C@@H]2C3)c(=O)[nH]1. The number of nitrogens with two attached hydrogens (primary N) is 2. The average molecular weight is 690 g/mol. The van der Waals surface area contributed by atoms with Crippen LogP contribution < -0.4 is 17.0 Å². The molecule has 23 heteroatoms. The van der Waals surface area contributed by atoms with E-state index in [4.69, 9.17) is 39.0 Å². The molecule has 3 saturated heterocycles. The molecule has 4 aromatic rings. The Labute approximate surface area is 256 Å². The molecule has 3 aliphatic rings. The van der Waals surface area contributed by atoms with E-state index in [1.165, 1.54) is 10.8 Å². The zero-order valence-electron chi connectivity index (χ0n) is 22.2. The topological polar surface area (TPSA) is 256 Å². The molecule has 3 unspecified atom stereocenters. The molecule has 3 aliphatic heterocycles. The van der Waals surface area contributed by atoms with E-state index in [9.17, 15) is 19.0 Å². The summed E-state index contributed by atoms with van der Waals surface area (Å²) in [4.78, 5) is 23.0. The molecule has 0 saturated carbocycles. The number of aliphatic hydroxyl groups is 1. The van der Waals surface area contributed by atoms with E-state index in [1.54, 1.807) is 18.3 Å². The quantitative estimate of drug-likeness (QED) is 0.128. The number of nitrogens with zero attached hydrogens (tertiary/aromatic N) is 6. The molecular weight excluding hydrogens is 664 g/mol. The Balaban J connectivity index is 1.19. The number of anilines is 2. The predicted octanol–water partition coefficient (Wildman–Crippen LogP) is 1.17. The van der Waals surface area contributed by atoms with Gasteiger partial charge < -0.3 is 30.6 Å². The normalized spacial score (nSPS) is 36.6. The number of fused-ring (bicyclic) bond motifs is 5. The first-order chi connectivity index (χ1) is 20.9. The summed E-state index contributed by atoms with van der Waals surface area (Å²) < 4.78 is 64.2. The largest absolute Gasteiger partial charge is 0.398 e. The highest BCUT2D eigenvalue weighted by Gasteiger charge is 2.51. The maximum Gasteiger partial charge on any atom is 0.386 e. The summed E-state index contributed by atoms with van der Waals surface area (Å²) in [5.41, 5.74) is 11.8. The van der Waals surface area contributed by atoms with Crippen LogP contribution in [0.2, 0.25) is 0 Å². The predicted molar refractivity (Wildman–Crippen MR) is 158 cm³/mol. The molecular formula is C21H25N9O10P2S2. The minimum absolute atomic E-state index is 0.0251. The summed E-state index contributed by atoms with van der Waals surface area (Å²) in [7, 11) is 0. The Hall–Kier alpha value is -2.55. The van der Waals surface area contributed by atoms with Crippen molar-refractivity contribution in [2.24, 2.45) is 0 Å². The Bertz CT molecular complexity index is 1910. The molecule has 0 amide bonds. The van der Waals surface area contributed by atoms with E-state index in [0.29, 0.717) is 16.7 Å². The number of aliphatic hydroxyl groups excluding tert-OH is 1. The fourth-order valence-electron chi connectivity index (χ4n) is 5.39. The van der Waals surface area contributed by atoms with E-state index in [-0.39, 0.29) is 30.1 Å². The molecule has 0 radical (unpaired) electrons. The highest BCUT2D eigenvalue weighted by atomic mass is 32.7. The second-order valence-corrected chi connectivity index (χ2v) is 16.0. The van der Waals surface area contributed by atoms with Crippen LogP contribution >= 0.6 is 38.1 Å². The number of thiol groups is 2. The monoisotopic (exact) mass is 689 g/mol. The van der Waals surface area contributed by atoms with Crippen molar-refractivity contribution in [1.29, 1.82) is 0 Å². The van der Waals surface area contributed by atoms with Gasteiger partial charge in [0.2, 0.25) is 5.95 Å². The van der Waals surface area contributed by atoms with Gasteiger partial charge in [0, 0.05) is 29.9 Å². The van der Waals surface area contributed by atoms with Gasteiger partial charge in [0.05, 0.1) is 19.3 Å². The van der Waals surface area contributed by atoms with Crippen LogP contribution in [0.4, 0.5) is 11.6 Å². The number of ether oxygens (including phenoxy) is 2. The molecule has 0 aromatic carbocycles. The molecule has 0 aliphatic carbocycles. The van der Waals surface area contributed by atoms with Gasteiger partial charge in [-0.05, 0) is 12.1 Å². The number of aromatic nitrogens is 7. The van der Waals surface area contributed by atoms with E-state index in [1.807, 2.05) is 0 Å². The Kier molecular flexibility index (Phi) is 7.57. The van der Waals surface area contributed by atoms with Crippen LogP contribution in [-0.4, -0.2) is 83.4 Å². The van der Waals surface area contributed by atoms with Crippen molar-refractivity contribution in [3.8, 4) is 0 Å². The molecule has 19 nitrogen and oxygen atoms in total. The highest BCUT2D eigenvalue weighted by Crippen LogP contribution is 2.60. The van der Waals surface area contributed by atoms with Crippen LogP contribution in [0.5, 0.6) is 0 Å². The fourth-order valence-corrected chi connectivity index (χ4v) is 8.39. The zero-order valence-corrected chi connectivity index (χ0v) is 25.8. The van der Waals surface area contributed by atoms with Gasteiger partial charge in [0.1, 0.15) is 30.1 Å². The van der Waals surface area contributed by atoms with E-state index in [0.717, 1.165) is 4.68 Å². The smallest absolute Gasteiger partial charge is 0.386 e. The number of nitrogens with one attached hydrogen (secondary N) is 1. The third-order valence-electron chi connectivity index (χ3n) is 7.32. The maximum absolute atomic E-state index is 13.5. The highest BCUT2D eigenvalue weighted by molar-refractivity contribution is 8.44. The van der Waals surface area contributed by atoms with Crippen LogP contribution in [0.3, 0.4) is 0 Å². The van der Waals surface area contributed by atoms with Crippen molar-refractivity contribution in [3.05, 3.63) is 34.9 Å². The molecule has 4 aromatic heterocycles. The molecule has 7 heterocycles. The summed E-state index contributed by atoms with van der Waals surface area (Å²) in [5.74, 6) is -0.196. The number of rotatable bonds is 2.